The summed E-state index contributed by atoms with van der Waals surface area (Å²) in [7, 11) is 0. The van der Waals surface area contributed by atoms with Gasteiger partial charge in [-0.25, -0.2) is 0 Å². The lowest BCUT2D eigenvalue weighted by Crippen LogP contribution is -2.12. The van der Waals surface area contributed by atoms with Gasteiger partial charge in [0.1, 0.15) is 5.75 Å². The molecule has 0 aliphatic carbocycles. The molecule has 2 N–H and O–H groups in total. The summed E-state index contributed by atoms with van der Waals surface area (Å²) >= 11 is 0. The molecule has 0 radical (unpaired) electrons. The van der Waals surface area contributed by atoms with Gasteiger partial charge in [-0.3, -0.25) is 4.79 Å². The largest absolute Gasteiger partial charge is 0.506 e. The van der Waals surface area contributed by atoms with Crippen LogP contribution in [0, 0.1) is 4.91 Å². The van der Waals surface area contributed by atoms with Crippen LogP contribution in [-0.4, -0.2) is 11.0 Å². The molecule has 5 heteroatoms. The predicted octanol–water partition coefficient (Wildman–Crippen LogP) is 6.89. The number of rotatable bonds is 4. The second kappa shape index (κ2) is 9.47. The summed E-state index contributed by atoms with van der Waals surface area (Å²) in [5, 5.41) is 16.5. The number of phenols is 1. The molecule has 5 nitrogen and oxygen atoms in total. The molecule has 0 bridgehead atoms. The normalized spacial score (nSPS) is 10.1. The van der Waals surface area contributed by atoms with Crippen LogP contribution in [0.2, 0.25) is 0 Å². The van der Waals surface area contributed by atoms with Crippen molar-refractivity contribution in [3.05, 3.63) is 95.4 Å². The number of fused-ring (bicyclic) bond motifs is 1. The molecule has 0 saturated carbocycles. The molecule has 0 atom stereocenters. The van der Waals surface area contributed by atoms with E-state index in [2.05, 4.69) is 10.5 Å². The SMILES string of the molecule is CC.O=Nc1c(O)ccc2c(C(=O)Nc3ccc(-c4ccccc4)cc3)cccc12. The summed E-state index contributed by atoms with van der Waals surface area (Å²) in [5.74, 6) is -0.517. The van der Waals surface area contributed by atoms with Crippen LogP contribution in [0.25, 0.3) is 21.9 Å². The van der Waals surface area contributed by atoms with Gasteiger partial charge >= 0.3 is 0 Å². The maximum absolute atomic E-state index is 12.8. The maximum Gasteiger partial charge on any atom is 0.256 e. The highest BCUT2D eigenvalue weighted by atomic mass is 16.3. The van der Waals surface area contributed by atoms with Crippen molar-refractivity contribution in [1.29, 1.82) is 0 Å². The number of carbonyl (C=O) groups is 1. The summed E-state index contributed by atoms with van der Waals surface area (Å²) in [5.41, 5.74) is 3.15. The summed E-state index contributed by atoms with van der Waals surface area (Å²) in [6.07, 6.45) is 0. The fraction of sp³-hybridized carbons (Fsp3) is 0.0800. The monoisotopic (exact) mass is 398 g/mol. The predicted molar refractivity (Wildman–Crippen MR) is 122 cm³/mol. The van der Waals surface area contributed by atoms with Gasteiger partial charge in [0.05, 0.1) is 0 Å². The minimum absolute atomic E-state index is 0.0700. The Balaban J connectivity index is 0.00000124. The number of hydrogen-bond donors (Lipinski definition) is 2. The lowest BCUT2D eigenvalue weighted by Gasteiger charge is -2.10. The van der Waals surface area contributed by atoms with E-state index in [4.69, 9.17) is 0 Å². The summed E-state index contributed by atoms with van der Waals surface area (Å²) in [6.45, 7) is 4.00. The molecule has 0 aliphatic rings. The Morgan fingerprint density at radius 1 is 0.767 bits per heavy atom. The van der Waals surface area contributed by atoms with Crippen LogP contribution in [0.5, 0.6) is 5.75 Å². The Morgan fingerprint density at radius 3 is 2.10 bits per heavy atom. The molecule has 4 aromatic carbocycles. The molecule has 4 rings (SSSR count). The second-order valence-corrected chi connectivity index (χ2v) is 6.32. The molecule has 0 unspecified atom stereocenters. The van der Waals surface area contributed by atoms with E-state index in [9.17, 15) is 14.8 Å². The molecule has 0 spiro atoms. The summed E-state index contributed by atoms with van der Waals surface area (Å²) in [4.78, 5) is 23.8. The number of hydrogen-bond acceptors (Lipinski definition) is 4. The summed E-state index contributed by atoms with van der Waals surface area (Å²) in [6, 6.07) is 25.5. The van der Waals surface area contributed by atoms with E-state index in [0.717, 1.165) is 11.1 Å². The molecule has 30 heavy (non-hydrogen) atoms. The average Bonchev–Trinajstić information content (AvgIpc) is 2.81. The van der Waals surface area contributed by atoms with Crippen LogP contribution in [0.4, 0.5) is 11.4 Å². The highest BCUT2D eigenvalue weighted by molar-refractivity contribution is 6.15. The van der Waals surface area contributed by atoms with Gasteiger partial charge in [-0.1, -0.05) is 68.4 Å². The van der Waals surface area contributed by atoms with Crippen LogP contribution in [0.15, 0.2) is 90.1 Å². The molecule has 0 fully saturated rings. The van der Waals surface area contributed by atoms with E-state index in [1.165, 1.54) is 6.07 Å². The number of benzene rings is 4. The molecule has 0 aromatic heterocycles. The van der Waals surface area contributed by atoms with Crippen LogP contribution >= 0.6 is 0 Å². The molecule has 0 aliphatic heterocycles. The van der Waals surface area contributed by atoms with E-state index < -0.39 is 0 Å². The topological polar surface area (TPSA) is 78.8 Å². The van der Waals surface area contributed by atoms with Crippen molar-refractivity contribution in [2.24, 2.45) is 5.18 Å². The standard InChI is InChI=1S/C23H16N2O3.C2H6/c26-21-14-13-18-19(22(21)25-28)7-4-8-20(18)23(27)24-17-11-9-16(10-12-17)15-5-2-1-3-6-15;1-2/h1-14,26H,(H,24,27);1-2H3. The fourth-order valence-corrected chi connectivity index (χ4v) is 3.20. The van der Waals surface area contributed by atoms with Gasteiger partial charge in [0.2, 0.25) is 0 Å². The number of carbonyl (C=O) groups excluding carboxylic acids is 1. The molecule has 150 valence electrons. The van der Waals surface area contributed by atoms with Crippen LogP contribution in [-0.2, 0) is 0 Å². The third-order valence-corrected chi connectivity index (χ3v) is 4.60. The van der Waals surface area contributed by atoms with Gasteiger partial charge in [-0.2, -0.15) is 0 Å². The number of nitroso groups, excluding NO2 is 1. The number of anilines is 1. The van der Waals surface area contributed by atoms with Crippen molar-refractivity contribution < 1.29 is 9.90 Å². The molecular formula is C25H22N2O3. The number of amides is 1. The first-order chi connectivity index (χ1) is 14.7. The molecule has 0 saturated heterocycles. The van der Waals surface area contributed by atoms with Gasteiger partial charge in [-0.15, -0.1) is 4.91 Å². The average molecular weight is 398 g/mol. The van der Waals surface area contributed by atoms with Gasteiger partial charge in [-0.05, 0) is 52.0 Å². The summed E-state index contributed by atoms with van der Waals surface area (Å²) < 4.78 is 0. The zero-order chi connectivity index (χ0) is 21.5. The minimum atomic E-state index is -0.305. The van der Waals surface area contributed by atoms with Gasteiger partial charge < -0.3 is 10.4 Å². The Morgan fingerprint density at radius 2 is 1.43 bits per heavy atom. The van der Waals surface area contributed by atoms with Crippen LogP contribution < -0.4 is 5.32 Å². The third kappa shape index (κ3) is 4.20. The van der Waals surface area contributed by atoms with Crippen LogP contribution in [0.3, 0.4) is 0 Å². The minimum Gasteiger partial charge on any atom is -0.506 e. The van der Waals surface area contributed by atoms with E-state index in [0.29, 0.717) is 22.0 Å². The first-order valence-electron chi connectivity index (χ1n) is 9.72. The number of phenolic OH excluding ortho intramolecular Hbond substituents is 1. The molecule has 0 heterocycles. The number of aromatic hydroxyl groups is 1. The Kier molecular flexibility index (Phi) is 6.55. The van der Waals surface area contributed by atoms with Crippen molar-refractivity contribution in [1.82, 2.24) is 0 Å². The van der Waals surface area contributed by atoms with Gasteiger partial charge in [0, 0.05) is 16.6 Å². The smallest absolute Gasteiger partial charge is 0.256 e. The van der Waals surface area contributed by atoms with E-state index in [1.807, 2.05) is 68.4 Å². The zero-order valence-electron chi connectivity index (χ0n) is 16.8. The third-order valence-electron chi connectivity index (χ3n) is 4.60. The lowest BCUT2D eigenvalue weighted by molar-refractivity contribution is 0.102. The Labute approximate surface area is 175 Å². The molecular weight excluding hydrogens is 376 g/mol. The lowest BCUT2D eigenvalue weighted by atomic mass is 10.0. The van der Waals surface area contributed by atoms with Crippen molar-refractivity contribution in [3.8, 4) is 16.9 Å². The first-order valence-corrected chi connectivity index (χ1v) is 9.72. The van der Waals surface area contributed by atoms with Crippen LogP contribution in [0.1, 0.15) is 24.2 Å². The van der Waals surface area contributed by atoms with Crippen molar-refractivity contribution in [2.75, 3.05) is 5.32 Å². The quantitative estimate of drug-likeness (QED) is 0.367. The van der Waals surface area contributed by atoms with E-state index in [1.54, 1.807) is 24.3 Å². The second-order valence-electron chi connectivity index (χ2n) is 6.32. The highest BCUT2D eigenvalue weighted by Crippen LogP contribution is 2.36. The van der Waals surface area contributed by atoms with Gasteiger partial charge in [0.25, 0.3) is 5.91 Å². The first kappa shape index (κ1) is 20.7. The zero-order valence-corrected chi connectivity index (χ0v) is 16.8. The Bertz CT molecular complexity index is 1170. The number of nitrogens with one attached hydrogen (secondary N) is 1. The molecule has 4 aromatic rings. The van der Waals surface area contributed by atoms with E-state index >= 15 is 0 Å². The van der Waals surface area contributed by atoms with Crippen molar-refractivity contribution in [3.63, 3.8) is 0 Å². The fourth-order valence-electron chi connectivity index (χ4n) is 3.20. The van der Waals surface area contributed by atoms with Crippen molar-refractivity contribution in [2.45, 2.75) is 13.8 Å². The highest BCUT2D eigenvalue weighted by Gasteiger charge is 2.14. The van der Waals surface area contributed by atoms with Gasteiger partial charge in [0.15, 0.2) is 5.69 Å². The van der Waals surface area contributed by atoms with E-state index in [-0.39, 0.29) is 17.3 Å². The van der Waals surface area contributed by atoms with Crippen molar-refractivity contribution >= 4 is 28.1 Å². The maximum atomic E-state index is 12.8. The molecule has 1 amide bonds. The Hall–Kier alpha value is -3.99. The number of nitrogens with zero attached hydrogens (tertiary/aromatic N) is 1.